The van der Waals surface area contributed by atoms with Gasteiger partial charge in [0.05, 0.1) is 12.5 Å². The summed E-state index contributed by atoms with van der Waals surface area (Å²) in [6.07, 6.45) is -3.58. The van der Waals surface area contributed by atoms with E-state index in [1.165, 1.54) is 0 Å². The van der Waals surface area contributed by atoms with E-state index in [2.05, 4.69) is 0 Å². The highest BCUT2D eigenvalue weighted by Gasteiger charge is 2.58. The molecule has 21 heavy (non-hydrogen) atoms. The van der Waals surface area contributed by atoms with E-state index in [1.807, 2.05) is 0 Å². The van der Waals surface area contributed by atoms with Gasteiger partial charge in [0.1, 0.15) is 0 Å². The van der Waals surface area contributed by atoms with Gasteiger partial charge in [-0.3, -0.25) is 9.59 Å². The molecule has 0 bridgehead atoms. The molecule has 2 fully saturated rings. The van der Waals surface area contributed by atoms with E-state index in [0.29, 0.717) is 19.3 Å². The minimum atomic E-state index is -4.77. The van der Waals surface area contributed by atoms with Gasteiger partial charge in [0.15, 0.2) is 5.60 Å². The Labute approximate surface area is 119 Å². The third-order valence-corrected chi connectivity index (χ3v) is 4.46. The number of carboxylic acid groups (broad SMARTS) is 1. The number of β-amino-alcohol motifs (C(OH)–C–C–N with tert-alkyl or cyclic N) is 1. The minimum Gasteiger partial charge on any atom is -0.481 e. The number of alkyl halides is 3. The molecule has 120 valence electrons. The van der Waals surface area contributed by atoms with Crippen molar-refractivity contribution in [2.45, 2.75) is 43.9 Å². The summed E-state index contributed by atoms with van der Waals surface area (Å²) in [6, 6.07) is 0. The van der Waals surface area contributed by atoms with E-state index in [0.717, 1.165) is 4.90 Å². The van der Waals surface area contributed by atoms with Crippen LogP contribution >= 0.6 is 0 Å². The van der Waals surface area contributed by atoms with Crippen LogP contribution in [0.1, 0.15) is 32.1 Å². The largest absolute Gasteiger partial charge is 0.481 e. The van der Waals surface area contributed by atoms with Crippen LogP contribution in [0.15, 0.2) is 0 Å². The number of halogens is 3. The van der Waals surface area contributed by atoms with Crippen molar-refractivity contribution in [3.63, 3.8) is 0 Å². The van der Waals surface area contributed by atoms with E-state index < -0.39 is 48.5 Å². The molecular formula is C13H18F3NO4. The van der Waals surface area contributed by atoms with Crippen molar-refractivity contribution in [1.82, 2.24) is 4.90 Å². The fraction of sp³-hybridized carbons (Fsp3) is 0.846. The number of aliphatic hydroxyl groups is 1. The molecule has 0 aromatic rings. The monoisotopic (exact) mass is 309 g/mol. The van der Waals surface area contributed by atoms with E-state index >= 15 is 0 Å². The smallest absolute Gasteiger partial charge is 0.419 e. The van der Waals surface area contributed by atoms with Gasteiger partial charge in [0, 0.05) is 18.9 Å². The number of carboxylic acids is 1. The lowest BCUT2D eigenvalue weighted by molar-refractivity contribution is -0.253. The number of carbonyl (C=O) groups is 2. The minimum absolute atomic E-state index is 0.150. The molecule has 0 radical (unpaired) electrons. The number of nitrogens with zero attached hydrogens (tertiary/aromatic N) is 1. The fourth-order valence-corrected chi connectivity index (χ4v) is 3.11. The SMILES string of the molecule is O=C(O)C1CCCC(C(=O)N2CCC(O)(C(F)(F)F)C2)C1. The second-order valence-electron chi connectivity index (χ2n) is 5.94. The molecule has 3 atom stereocenters. The zero-order chi connectivity index (χ0) is 15.8. The third kappa shape index (κ3) is 3.14. The molecule has 0 aromatic carbocycles. The third-order valence-electron chi connectivity index (χ3n) is 4.46. The normalized spacial score (nSPS) is 34.0. The zero-order valence-electron chi connectivity index (χ0n) is 11.4. The molecule has 1 saturated heterocycles. The first-order chi connectivity index (χ1) is 9.64. The first kappa shape index (κ1) is 16.1. The van der Waals surface area contributed by atoms with Gasteiger partial charge in [0.25, 0.3) is 0 Å². The Balaban J connectivity index is 2.00. The van der Waals surface area contributed by atoms with Gasteiger partial charge >= 0.3 is 12.1 Å². The number of rotatable bonds is 2. The number of carbonyl (C=O) groups excluding carboxylic acids is 1. The Hall–Kier alpha value is -1.31. The Morgan fingerprint density at radius 2 is 1.81 bits per heavy atom. The molecule has 2 N–H and O–H groups in total. The van der Waals surface area contributed by atoms with E-state index in [4.69, 9.17) is 5.11 Å². The highest BCUT2D eigenvalue weighted by Crippen LogP contribution is 2.39. The first-order valence-corrected chi connectivity index (χ1v) is 6.95. The number of likely N-dealkylation sites (tertiary alicyclic amines) is 1. The molecule has 1 saturated carbocycles. The van der Waals surface area contributed by atoms with Gasteiger partial charge < -0.3 is 15.1 Å². The molecule has 2 aliphatic rings. The molecule has 8 heteroatoms. The van der Waals surface area contributed by atoms with Gasteiger partial charge in [-0.25, -0.2) is 0 Å². The number of amides is 1. The molecule has 2 rings (SSSR count). The predicted octanol–water partition coefficient (Wildman–Crippen LogP) is 1.40. The summed E-state index contributed by atoms with van der Waals surface area (Å²) in [5.74, 6) is -2.62. The quantitative estimate of drug-likeness (QED) is 0.808. The van der Waals surface area contributed by atoms with Gasteiger partial charge in [-0.2, -0.15) is 13.2 Å². The van der Waals surface area contributed by atoms with Crippen LogP contribution in [-0.4, -0.2) is 51.9 Å². The summed E-state index contributed by atoms with van der Waals surface area (Å²) in [7, 11) is 0. The maximum atomic E-state index is 12.7. The average molecular weight is 309 g/mol. The zero-order valence-corrected chi connectivity index (χ0v) is 11.4. The fourth-order valence-electron chi connectivity index (χ4n) is 3.11. The van der Waals surface area contributed by atoms with Crippen LogP contribution in [0.2, 0.25) is 0 Å². The van der Waals surface area contributed by atoms with E-state index in [-0.39, 0.29) is 13.0 Å². The molecule has 3 unspecified atom stereocenters. The lowest BCUT2D eigenvalue weighted by Gasteiger charge is -2.30. The highest BCUT2D eigenvalue weighted by atomic mass is 19.4. The van der Waals surface area contributed by atoms with Gasteiger partial charge in [-0.15, -0.1) is 0 Å². The van der Waals surface area contributed by atoms with Gasteiger partial charge in [-0.05, 0) is 19.3 Å². The van der Waals surface area contributed by atoms with Crippen molar-refractivity contribution in [2.75, 3.05) is 13.1 Å². The standard InChI is InChI=1S/C13H18F3NO4/c14-13(15,16)12(21)4-5-17(7-12)10(18)8-2-1-3-9(6-8)11(19)20/h8-9,21H,1-7H2,(H,19,20). The second-order valence-corrected chi connectivity index (χ2v) is 5.94. The first-order valence-electron chi connectivity index (χ1n) is 6.95. The van der Waals surface area contributed by atoms with Crippen LogP contribution in [0, 0.1) is 11.8 Å². The summed E-state index contributed by atoms with van der Waals surface area (Å²) < 4.78 is 38.2. The Kier molecular flexibility index (Phi) is 4.19. The Bertz CT molecular complexity index is 440. The summed E-state index contributed by atoms with van der Waals surface area (Å²) in [5, 5.41) is 18.6. The lowest BCUT2D eigenvalue weighted by Crippen LogP contribution is -2.48. The average Bonchev–Trinajstić information content (AvgIpc) is 2.81. The van der Waals surface area contributed by atoms with E-state index in [1.54, 1.807) is 0 Å². The van der Waals surface area contributed by atoms with Crippen LogP contribution in [0.4, 0.5) is 13.2 Å². The molecule has 0 aromatic heterocycles. The van der Waals surface area contributed by atoms with Crippen molar-refractivity contribution in [3.05, 3.63) is 0 Å². The van der Waals surface area contributed by atoms with Crippen molar-refractivity contribution in [2.24, 2.45) is 11.8 Å². The van der Waals surface area contributed by atoms with Crippen LogP contribution < -0.4 is 0 Å². The Morgan fingerprint density at radius 1 is 1.19 bits per heavy atom. The van der Waals surface area contributed by atoms with Crippen molar-refractivity contribution in [1.29, 1.82) is 0 Å². The summed E-state index contributed by atoms with van der Waals surface area (Å²) in [4.78, 5) is 24.2. The number of aliphatic carboxylic acids is 1. The van der Waals surface area contributed by atoms with Crippen LogP contribution in [0.3, 0.4) is 0 Å². The second kappa shape index (κ2) is 5.47. The van der Waals surface area contributed by atoms with E-state index in [9.17, 15) is 27.9 Å². The van der Waals surface area contributed by atoms with Gasteiger partial charge in [-0.1, -0.05) is 6.42 Å². The summed E-state index contributed by atoms with van der Waals surface area (Å²) in [5.41, 5.74) is -2.84. The Morgan fingerprint density at radius 3 is 2.33 bits per heavy atom. The topological polar surface area (TPSA) is 77.8 Å². The van der Waals surface area contributed by atoms with Crippen molar-refractivity contribution in [3.8, 4) is 0 Å². The summed E-state index contributed by atoms with van der Waals surface area (Å²) in [6.45, 7) is -0.910. The van der Waals surface area contributed by atoms with Crippen molar-refractivity contribution >= 4 is 11.9 Å². The van der Waals surface area contributed by atoms with Crippen LogP contribution in [-0.2, 0) is 9.59 Å². The molecule has 1 aliphatic heterocycles. The molecule has 1 heterocycles. The maximum Gasteiger partial charge on any atom is 0.419 e. The maximum absolute atomic E-state index is 12.7. The van der Waals surface area contributed by atoms with Crippen LogP contribution in [0.25, 0.3) is 0 Å². The molecule has 1 amide bonds. The van der Waals surface area contributed by atoms with Gasteiger partial charge in [0.2, 0.25) is 5.91 Å². The highest BCUT2D eigenvalue weighted by molar-refractivity contribution is 5.80. The predicted molar refractivity (Wildman–Crippen MR) is 65.3 cm³/mol. The van der Waals surface area contributed by atoms with Crippen molar-refractivity contribution < 1.29 is 33.0 Å². The molecule has 5 nitrogen and oxygen atoms in total. The molecular weight excluding hydrogens is 291 g/mol. The number of hydrogen-bond acceptors (Lipinski definition) is 3. The van der Waals surface area contributed by atoms with Crippen LogP contribution in [0.5, 0.6) is 0 Å². The number of hydrogen-bond donors (Lipinski definition) is 2. The lowest BCUT2D eigenvalue weighted by atomic mass is 9.81. The molecule has 0 spiro atoms. The summed E-state index contributed by atoms with van der Waals surface area (Å²) >= 11 is 0. The molecule has 1 aliphatic carbocycles.